The van der Waals surface area contributed by atoms with Gasteiger partial charge in [-0.1, -0.05) is 0 Å². The molecule has 0 amide bonds. The normalized spacial score (nSPS) is 13.9. The second-order valence-electron chi connectivity index (χ2n) is 4.56. The molecule has 1 aliphatic rings. The first-order chi connectivity index (χ1) is 10.1. The lowest BCUT2D eigenvalue weighted by molar-refractivity contribution is -0.385. The molecule has 9 heteroatoms. The molecule has 1 aromatic heterocycles. The Morgan fingerprint density at radius 2 is 2.29 bits per heavy atom. The molecular weight excluding hydrogens is 294 g/mol. The third-order valence-electron chi connectivity index (χ3n) is 3.08. The Hall–Kier alpha value is -2.60. The molecule has 3 rings (SSSR count). The van der Waals surface area contributed by atoms with Crippen LogP contribution < -0.4 is 5.69 Å². The van der Waals surface area contributed by atoms with Crippen LogP contribution in [0.4, 0.5) is 5.69 Å². The number of nitrogens with zero attached hydrogens (tertiary/aromatic N) is 4. The fraction of sp³-hybridized carbons (Fsp3) is 0.250. The minimum absolute atomic E-state index is 0.00552. The summed E-state index contributed by atoms with van der Waals surface area (Å²) < 4.78 is 1.56. The molecule has 8 nitrogen and oxygen atoms in total. The number of aromatic nitrogens is 3. The van der Waals surface area contributed by atoms with E-state index in [1.807, 2.05) is 0 Å². The first-order valence-electron chi connectivity index (χ1n) is 6.13. The van der Waals surface area contributed by atoms with Crippen LogP contribution in [0.5, 0.6) is 0 Å². The van der Waals surface area contributed by atoms with Crippen molar-refractivity contribution in [2.45, 2.75) is 28.9 Å². The van der Waals surface area contributed by atoms with E-state index < -0.39 is 4.92 Å². The van der Waals surface area contributed by atoms with E-state index in [1.165, 1.54) is 12.1 Å². The zero-order chi connectivity index (χ0) is 15.0. The van der Waals surface area contributed by atoms with Gasteiger partial charge in [0.2, 0.25) is 0 Å². The fourth-order valence-corrected chi connectivity index (χ4v) is 2.88. The second-order valence-corrected chi connectivity index (χ2v) is 5.60. The van der Waals surface area contributed by atoms with Gasteiger partial charge in [0.05, 0.1) is 4.92 Å². The maximum absolute atomic E-state index is 11.7. The van der Waals surface area contributed by atoms with Crippen molar-refractivity contribution in [2.75, 3.05) is 0 Å². The van der Waals surface area contributed by atoms with Crippen LogP contribution >= 0.6 is 11.8 Å². The van der Waals surface area contributed by atoms with Crippen LogP contribution in [0.2, 0.25) is 0 Å². The lowest BCUT2D eigenvalue weighted by Gasteiger charge is -2.03. The van der Waals surface area contributed by atoms with Gasteiger partial charge in [0.25, 0.3) is 5.69 Å². The van der Waals surface area contributed by atoms with Crippen LogP contribution in [0.15, 0.2) is 33.0 Å². The first kappa shape index (κ1) is 13.4. The number of hydrogen-bond donors (Lipinski definition) is 1. The monoisotopic (exact) mass is 303 g/mol. The third-order valence-corrected chi connectivity index (χ3v) is 4.04. The Bertz CT molecular complexity index is 815. The summed E-state index contributed by atoms with van der Waals surface area (Å²) in [6, 6.07) is 6.26. The van der Waals surface area contributed by atoms with Crippen molar-refractivity contribution in [3.05, 3.63) is 44.4 Å². The highest BCUT2D eigenvalue weighted by Gasteiger charge is 2.29. The van der Waals surface area contributed by atoms with Crippen molar-refractivity contribution >= 4 is 17.4 Å². The van der Waals surface area contributed by atoms with Gasteiger partial charge < -0.3 is 0 Å². The Morgan fingerprint density at radius 1 is 1.52 bits per heavy atom. The highest BCUT2D eigenvalue weighted by molar-refractivity contribution is 7.99. The number of benzene rings is 1. The van der Waals surface area contributed by atoms with Gasteiger partial charge in [0.15, 0.2) is 5.16 Å². The third kappa shape index (κ3) is 2.53. The number of hydrogen-bond acceptors (Lipinski definition) is 6. The van der Waals surface area contributed by atoms with E-state index >= 15 is 0 Å². The van der Waals surface area contributed by atoms with Gasteiger partial charge in [0, 0.05) is 17.0 Å². The van der Waals surface area contributed by atoms with E-state index in [0.717, 1.165) is 24.6 Å². The van der Waals surface area contributed by atoms with Crippen molar-refractivity contribution in [3.63, 3.8) is 0 Å². The zero-order valence-corrected chi connectivity index (χ0v) is 11.5. The molecule has 2 aromatic rings. The molecular formula is C12H9N5O3S. The molecule has 1 aromatic carbocycles. The Labute approximate surface area is 122 Å². The van der Waals surface area contributed by atoms with Gasteiger partial charge in [-0.05, 0) is 36.7 Å². The van der Waals surface area contributed by atoms with Gasteiger partial charge in [-0.15, -0.1) is 5.10 Å². The molecule has 1 N–H and O–H groups in total. The molecule has 1 saturated carbocycles. The maximum Gasteiger partial charge on any atom is 0.344 e. The van der Waals surface area contributed by atoms with Crippen molar-refractivity contribution in [1.29, 1.82) is 5.26 Å². The average molecular weight is 303 g/mol. The molecule has 0 bridgehead atoms. The fourth-order valence-electron chi connectivity index (χ4n) is 1.94. The summed E-state index contributed by atoms with van der Waals surface area (Å²) in [5, 5.41) is 26.6. The predicted molar refractivity (Wildman–Crippen MR) is 73.1 cm³/mol. The molecule has 1 fully saturated rings. The lowest BCUT2D eigenvalue weighted by atomic mass is 10.2. The van der Waals surface area contributed by atoms with Crippen molar-refractivity contribution in [1.82, 2.24) is 14.8 Å². The van der Waals surface area contributed by atoms with Crippen LogP contribution in [-0.2, 0) is 0 Å². The highest BCUT2D eigenvalue weighted by atomic mass is 32.2. The molecule has 0 atom stereocenters. The smallest absolute Gasteiger partial charge is 0.267 e. The maximum atomic E-state index is 11.7. The number of nitriles is 1. The zero-order valence-electron chi connectivity index (χ0n) is 10.6. The van der Waals surface area contributed by atoms with E-state index in [-0.39, 0.29) is 23.0 Å². The average Bonchev–Trinajstić information content (AvgIpc) is 3.23. The van der Waals surface area contributed by atoms with E-state index in [0.29, 0.717) is 10.1 Å². The minimum atomic E-state index is -0.596. The van der Waals surface area contributed by atoms with Crippen LogP contribution in [-0.4, -0.2) is 19.7 Å². The van der Waals surface area contributed by atoms with Crippen molar-refractivity contribution < 1.29 is 4.92 Å². The van der Waals surface area contributed by atoms with Crippen molar-refractivity contribution in [3.8, 4) is 6.07 Å². The molecule has 0 saturated heterocycles. The Morgan fingerprint density at radius 3 is 2.90 bits per heavy atom. The molecule has 0 unspecified atom stereocenters. The number of nitro groups is 1. The summed E-state index contributed by atoms with van der Waals surface area (Å²) in [4.78, 5) is 22.6. The lowest BCUT2D eigenvalue weighted by Crippen LogP contribution is -2.15. The number of H-pyrrole nitrogens is 1. The molecule has 0 radical (unpaired) electrons. The van der Waals surface area contributed by atoms with Crippen molar-refractivity contribution in [2.24, 2.45) is 0 Å². The van der Waals surface area contributed by atoms with Gasteiger partial charge in [-0.3, -0.25) is 14.7 Å². The molecule has 1 heterocycles. The van der Waals surface area contributed by atoms with E-state index in [9.17, 15) is 14.9 Å². The number of nitrogens with one attached hydrogen (secondary N) is 1. The number of nitro benzene ring substituents is 1. The first-order valence-corrected chi connectivity index (χ1v) is 6.95. The van der Waals surface area contributed by atoms with Gasteiger partial charge in [-0.25, -0.2) is 9.89 Å². The number of aromatic amines is 1. The topological polar surface area (TPSA) is 118 Å². The van der Waals surface area contributed by atoms with Gasteiger partial charge in [-0.2, -0.15) is 5.26 Å². The van der Waals surface area contributed by atoms with Crippen LogP contribution in [0.1, 0.15) is 24.4 Å². The van der Waals surface area contributed by atoms with Crippen LogP contribution in [0.3, 0.4) is 0 Å². The van der Waals surface area contributed by atoms with Gasteiger partial charge in [0.1, 0.15) is 11.6 Å². The van der Waals surface area contributed by atoms with Crippen LogP contribution in [0, 0.1) is 21.4 Å². The predicted octanol–water partition coefficient (Wildman–Crippen LogP) is 1.84. The molecule has 0 aliphatic heterocycles. The standard InChI is InChI=1S/C12H9N5O3S/c13-6-7-1-4-9(5-10(7)17(19)20)21-12-15-14-11(18)16(12)8-2-3-8/h1,4-5,8H,2-3H2,(H,14,18). The summed E-state index contributed by atoms with van der Waals surface area (Å²) in [5.41, 5.74) is -0.521. The van der Waals surface area contributed by atoms with E-state index in [2.05, 4.69) is 10.2 Å². The second kappa shape index (κ2) is 5.06. The Kier molecular flexibility index (Phi) is 3.23. The molecule has 21 heavy (non-hydrogen) atoms. The quantitative estimate of drug-likeness (QED) is 0.680. The summed E-state index contributed by atoms with van der Waals surface area (Å²) in [6.45, 7) is 0. The van der Waals surface area contributed by atoms with Gasteiger partial charge >= 0.3 is 5.69 Å². The summed E-state index contributed by atoms with van der Waals surface area (Å²) in [6.07, 6.45) is 1.86. The Balaban J connectivity index is 1.96. The highest BCUT2D eigenvalue weighted by Crippen LogP contribution is 2.38. The minimum Gasteiger partial charge on any atom is -0.267 e. The largest absolute Gasteiger partial charge is 0.344 e. The molecule has 0 spiro atoms. The molecule has 106 valence electrons. The number of rotatable bonds is 4. The summed E-state index contributed by atoms with van der Waals surface area (Å²) in [7, 11) is 0. The summed E-state index contributed by atoms with van der Waals surface area (Å²) in [5.74, 6) is 0. The van der Waals surface area contributed by atoms with E-state index in [1.54, 1.807) is 16.7 Å². The SMILES string of the molecule is N#Cc1ccc(Sc2n[nH]c(=O)n2C2CC2)cc1[N+](=O)[O-]. The van der Waals surface area contributed by atoms with E-state index in [4.69, 9.17) is 5.26 Å². The molecule has 1 aliphatic carbocycles. The summed E-state index contributed by atoms with van der Waals surface area (Å²) >= 11 is 1.16. The van der Waals surface area contributed by atoms with Crippen LogP contribution in [0.25, 0.3) is 0 Å².